The zero-order valence-electron chi connectivity index (χ0n) is 20.3. The lowest BCUT2D eigenvalue weighted by Crippen LogP contribution is -2.52. The molecule has 8 heteroatoms. The smallest absolute Gasteiger partial charge is 0.240 e. The number of nitrogens with zero attached hydrogens (tertiary/aromatic N) is 1. The molecular weight excluding hydrogens is 462 g/mol. The molecule has 1 aliphatic carbocycles. The maximum atomic E-state index is 13.1. The van der Waals surface area contributed by atoms with Crippen LogP contribution in [0.15, 0.2) is 59.5 Å². The zero-order valence-corrected chi connectivity index (χ0v) is 21.1. The van der Waals surface area contributed by atoms with Crippen LogP contribution in [0.4, 0.5) is 0 Å². The Hall–Kier alpha value is -2.68. The van der Waals surface area contributed by atoms with E-state index < -0.39 is 10.0 Å². The number of amides is 1. The molecule has 0 atom stereocenters. The number of aromatic nitrogens is 1. The number of rotatable bonds is 5. The van der Waals surface area contributed by atoms with Crippen LogP contribution >= 0.6 is 0 Å². The van der Waals surface area contributed by atoms with Gasteiger partial charge in [-0.15, -0.1) is 0 Å². The molecular formula is C27H33N3O4S. The van der Waals surface area contributed by atoms with Gasteiger partial charge in [0.25, 0.3) is 0 Å². The third kappa shape index (κ3) is 5.29. The summed E-state index contributed by atoms with van der Waals surface area (Å²) >= 11 is 0. The molecule has 2 heterocycles. The van der Waals surface area contributed by atoms with Gasteiger partial charge in [-0.05, 0) is 63.3 Å². The molecule has 1 aromatic heterocycles. The fourth-order valence-electron chi connectivity index (χ4n) is 5.26. The summed E-state index contributed by atoms with van der Waals surface area (Å²) in [5.74, 6) is 0.130. The van der Waals surface area contributed by atoms with Gasteiger partial charge in [-0.3, -0.25) is 4.79 Å². The highest BCUT2D eigenvalue weighted by Crippen LogP contribution is 2.30. The minimum absolute atomic E-state index is 0.0451. The summed E-state index contributed by atoms with van der Waals surface area (Å²) in [7, 11) is -3.66. The second-order valence-corrected chi connectivity index (χ2v) is 12.0. The number of morpholine rings is 1. The Kier molecular flexibility index (Phi) is 6.46. The Morgan fingerprint density at radius 3 is 2.51 bits per heavy atom. The molecule has 0 spiro atoms. The van der Waals surface area contributed by atoms with E-state index in [9.17, 15) is 13.2 Å². The molecule has 2 N–H and O–H groups in total. The minimum atomic E-state index is -3.66. The average Bonchev–Trinajstić information content (AvgIpc) is 3.27. The van der Waals surface area contributed by atoms with Crippen molar-refractivity contribution in [2.45, 2.75) is 56.1 Å². The van der Waals surface area contributed by atoms with Crippen LogP contribution < -0.4 is 4.72 Å². The standard InChI is InChI=1S/C27H33N3O4S/c1-27(2)18-30(14-15-34-27)26(31)20-8-11-22(12-9-20)29-35(32,33)23-13-10-21-16-24(28-25(21)17-23)19-6-4-3-5-7-19/h3-7,10,13,16-17,20,22,28-29H,8-9,11-12,14-15,18H2,1-2H3. The first-order valence-electron chi connectivity index (χ1n) is 12.3. The van der Waals surface area contributed by atoms with Gasteiger partial charge in [0.15, 0.2) is 0 Å². The van der Waals surface area contributed by atoms with E-state index in [1.807, 2.05) is 61.2 Å². The van der Waals surface area contributed by atoms with Gasteiger partial charge in [0.2, 0.25) is 15.9 Å². The van der Waals surface area contributed by atoms with Crippen LogP contribution in [-0.2, 0) is 19.6 Å². The normalized spacial score (nSPS) is 22.9. The SMILES string of the molecule is CC1(C)CN(C(=O)C2CCC(NS(=O)(=O)c3ccc4cc(-c5ccccc5)[nH]c4c3)CC2)CCO1. The highest BCUT2D eigenvalue weighted by Gasteiger charge is 2.35. The number of nitrogens with one attached hydrogen (secondary N) is 2. The van der Waals surface area contributed by atoms with Crippen molar-refractivity contribution < 1.29 is 17.9 Å². The van der Waals surface area contributed by atoms with E-state index in [1.54, 1.807) is 12.1 Å². The van der Waals surface area contributed by atoms with Crippen molar-refractivity contribution in [1.82, 2.24) is 14.6 Å². The van der Waals surface area contributed by atoms with Crippen molar-refractivity contribution in [3.8, 4) is 11.3 Å². The van der Waals surface area contributed by atoms with Crippen LogP contribution in [-0.4, -0.2) is 55.5 Å². The molecule has 7 nitrogen and oxygen atoms in total. The van der Waals surface area contributed by atoms with Crippen molar-refractivity contribution in [3.63, 3.8) is 0 Å². The molecule has 2 aliphatic rings. The predicted molar refractivity (Wildman–Crippen MR) is 136 cm³/mol. The van der Waals surface area contributed by atoms with E-state index in [0.717, 1.165) is 22.2 Å². The maximum Gasteiger partial charge on any atom is 0.240 e. The number of carbonyl (C=O) groups excluding carboxylic acids is 1. The van der Waals surface area contributed by atoms with Gasteiger partial charge in [0, 0.05) is 41.6 Å². The van der Waals surface area contributed by atoms with Crippen molar-refractivity contribution in [3.05, 3.63) is 54.6 Å². The van der Waals surface area contributed by atoms with Crippen molar-refractivity contribution in [2.75, 3.05) is 19.7 Å². The number of sulfonamides is 1. The summed E-state index contributed by atoms with van der Waals surface area (Å²) in [5.41, 5.74) is 2.48. The van der Waals surface area contributed by atoms with Crippen molar-refractivity contribution in [1.29, 1.82) is 0 Å². The topological polar surface area (TPSA) is 91.5 Å². The highest BCUT2D eigenvalue weighted by atomic mass is 32.2. The number of hydrogen-bond donors (Lipinski definition) is 2. The molecule has 0 unspecified atom stereocenters. The highest BCUT2D eigenvalue weighted by molar-refractivity contribution is 7.89. The number of fused-ring (bicyclic) bond motifs is 1. The fraction of sp³-hybridized carbons (Fsp3) is 0.444. The van der Waals surface area contributed by atoms with E-state index in [1.165, 1.54) is 0 Å². The molecule has 2 fully saturated rings. The summed E-state index contributed by atoms with van der Waals surface area (Å²) < 4.78 is 34.9. The number of carbonyl (C=O) groups is 1. The molecule has 186 valence electrons. The summed E-state index contributed by atoms with van der Waals surface area (Å²) in [6.07, 6.45) is 2.71. The Balaban J connectivity index is 1.22. The van der Waals surface area contributed by atoms with Gasteiger partial charge in [-0.1, -0.05) is 36.4 Å². The Bertz CT molecular complexity index is 1310. The number of ether oxygens (including phenoxy) is 1. The number of aromatic amines is 1. The number of H-pyrrole nitrogens is 1. The van der Waals surface area contributed by atoms with Gasteiger partial charge in [-0.25, -0.2) is 13.1 Å². The van der Waals surface area contributed by atoms with Gasteiger partial charge < -0.3 is 14.6 Å². The van der Waals surface area contributed by atoms with Crippen LogP contribution in [0.25, 0.3) is 22.2 Å². The van der Waals surface area contributed by atoms with Gasteiger partial charge in [0.1, 0.15) is 0 Å². The van der Waals surface area contributed by atoms with Gasteiger partial charge in [0.05, 0.1) is 17.1 Å². The van der Waals surface area contributed by atoms with Gasteiger partial charge in [-0.2, -0.15) is 0 Å². The third-order valence-corrected chi connectivity index (χ3v) is 8.64. The second-order valence-electron chi connectivity index (χ2n) is 10.3. The molecule has 1 saturated heterocycles. The second kappa shape index (κ2) is 9.41. The largest absolute Gasteiger partial charge is 0.372 e. The van der Waals surface area contributed by atoms with Crippen LogP contribution in [0.3, 0.4) is 0 Å². The van der Waals surface area contributed by atoms with E-state index in [4.69, 9.17) is 4.74 Å². The van der Waals surface area contributed by atoms with Crippen LogP contribution in [0.2, 0.25) is 0 Å². The first-order chi connectivity index (χ1) is 16.7. The number of hydrogen-bond acceptors (Lipinski definition) is 4. The fourth-order valence-corrected chi connectivity index (χ4v) is 6.59. The van der Waals surface area contributed by atoms with E-state index in [0.29, 0.717) is 45.4 Å². The monoisotopic (exact) mass is 495 g/mol. The van der Waals surface area contributed by atoms with Crippen LogP contribution in [0.5, 0.6) is 0 Å². The van der Waals surface area contributed by atoms with Gasteiger partial charge >= 0.3 is 0 Å². The number of benzene rings is 2. The van der Waals surface area contributed by atoms with E-state index in [2.05, 4.69) is 9.71 Å². The molecule has 3 aromatic rings. The molecule has 0 bridgehead atoms. The predicted octanol–water partition coefficient (Wildman–Crippen LogP) is 4.31. The summed E-state index contributed by atoms with van der Waals surface area (Å²) in [5, 5.41) is 0.966. The summed E-state index contributed by atoms with van der Waals surface area (Å²) in [6.45, 7) is 5.80. The molecule has 1 saturated carbocycles. The zero-order chi connectivity index (χ0) is 24.6. The van der Waals surface area contributed by atoms with E-state index in [-0.39, 0.29) is 28.4 Å². The van der Waals surface area contributed by atoms with Crippen molar-refractivity contribution in [2.24, 2.45) is 5.92 Å². The lowest BCUT2D eigenvalue weighted by Gasteiger charge is -2.40. The lowest BCUT2D eigenvalue weighted by molar-refractivity contribution is -0.151. The minimum Gasteiger partial charge on any atom is -0.372 e. The summed E-state index contributed by atoms with van der Waals surface area (Å²) in [6, 6.07) is 17.0. The van der Waals surface area contributed by atoms with Crippen LogP contribution in [0.1, 0.15) is 39.5 Å². The molecule has 1 aliphatic heterocycles. The Morgan fingerprint density at radius 1 is 1.06 bits per heavy atom. The average molecular weight is 496 g/mol. The molecule has 35 heavy (non-hydrogen) atoms. The maximum absolute atomic E-state index is 13.1. The quantitative estimate of drug-likeness (QED) is 0.552. The lowest BCUT2D eigenvalue weighted by atomic mass is 9.85. The Labute approximate surface area is 206 Å². The summed E-state index contributed by atoms with van der Waals surface area (Å²) in [4.78, 5) is 18.5. The first-order valence-corrected chi connectivity index (χ1v) is 13.8. The Morgan fingerprint density at radius 2 is 1.80 bits per heavy atom. The molecule has 0 radical (unpaired) electrons. The molecule has 5 rings (SSSR count). The van der Waals surface area contributed by atoms with Crippen LogP contribution in [0, 0.1) is 5.92 Å². The van der Waals surface area contributed by atoms with Crippen molar-refractivity contribution >= 4 is 26.8 Å². The third-order valence-electron chi connectivity index (χ3n) is 7.12. The van der Waals surface area contributed by atoms with E-state index >= 15 is 0 Å². The first kappa shape index (κ1) is 24.0. The molecule has 1 amide bonds. The molecule has 2 aromatic carbocycles.